The Morgan fingerprint density at radius 1 is 1.22 bits per heavy atom. The van der Waals surface area contributed by atoms with E-state index in [1.165, 1.54) is 12.4 Å². The molecule has 9 heteroatoms. The van der Waals surface area contributed by atoms with Crippen LogP contribution in [-0.4, -0.2) is 32.4 Å². The number of benzene rings is 1. The van der Waals surface area contributed by atoms with Gasteiger partial charge >= 0.3 is 0 Å². The van der Waals surface area contributed by atoms with E-state index in [-0.39, 0.29) is 12.2 Å². The van der Waals surface area contributed by atoms with Crippen LogP contribution in [0.2, 0.25) is 0 Å². The maximum atomic E-state index is 13.4. The topological polar surface area (TPSA) is 119 Å². The van der Waals surface area contributed by atoms with E-state index < -0.39 is 5.91 Å². The average molecular weight is 367 g/mol. The van der Waals surface area contributed by atoms with E-state index in [1.54, 1.807) is 37.6 Å². The molecule has 8 nitrogen and oxygen atoms in total. The number of primary amides is 1. The highest BCUT2D eigenvalue weighted by molar-refractivity contribution is 5.76. The third kappa shape index (κ3) is 4.72. The lowest BCUT2D eigenvalue weighted by Gasteiger charge is -2.13. The fourth-order valence-electron chi connectivity index (χ4n) is 2.38. The van der Waals surface area contributed by atoms with Gasteiger partial charge in [-0.25, -0.2) is 19.3 Å². The van der Waals surface area contributed by atoms with Crippen molar-refractivity contribution in [1.29, 1.82) is 0 Å². The van der Waals surface area contributed by atoms with Crippen LogP contribution in [0, 0.1) is 12.7 Å². The van der Waals surface area contributed by atoms with Gasteiger partial charge in [0.2, 0.25) is 11.9 Å². The Balaban J connectivity index is 1.89. The number of nitrogens with one attached hydrogen (secondary N) is 2. The molecule has 3 rings (SSSR count). The molecule has 27 heavy (non-hydrogen) atoms. The fraction of sp³-hybridized carbons (Fsp3) is 0.167. The minimum absolute atomic E-state index is 0.161. The summed E-state index contributed by atoms with van der Waals surface area (Å²) in [6.07, 6.45) is 6.49. The second kappa shape index (κ2) is 8.17. The van der Waals surface area contributed by atoms with E-state index in [1.807, 2.05) is 0 Å². The Morgan fingerprint density at radius 3 is 2.70 bits per heavy atom. The molecule has 0 bridgehead atoms. The molecule has 4 N–H and O–H groups in total. The van der Waals surface area contributed by atoms with Crippen LogP contribution in [0.15, 0.2) is 43.1 Å². The van der Waals surface area contributed by atoms with Gasteiger partial charge in [-0.05, 0) is 30.7 Å². The van der Waals surface area contributed by atoms with Crippen molar-refractivity contribution in [2.45, 2.75) is 13.3 Å². The van der Waals surface area contributed by atoms with Gasteiger partial charge < -0.3 is 16.4 Å². The summed E-state index contributed by atoms with van der Waals surface area (Å²) in [4.78, 5) is 27.8. The Hall–Kier alpha value is -3.62. The molecule has 0 aliphatic rings. The van der Waals surface area contributed by atoms with Crippen LogP contribution in [0.25, 0.3) is 11.1 Å². The van der Waals surface area contributed by atoms with Gasteiger partial charge in [0, 0.05) is 48.4 Å². The summed E-state index contributed by atoms with van der Waals surface area (Å²) in [6.45, 7) is 2.00. The number of carbonyl (C=O) groups is 1. The fourth-order valence-corrected chi connectivity index (χ4v) is 2.38. The molecule has 0 spiro atoms. The van der Waals surface area contributed by atoms with Crippen molar-refractivity contribution in [3.8, 4) is 11.1 Å². The second-order valence-electron chi connectivity index (χ2n) is 5.82. The molecule has 0 atom stereocenters. The molecule has 3 aromatic rings. The van der Waals surface area contributed by atoms with E-state index in [2.05, 4.69) is 30.6 Å². The number of rotatable bonds is 7. The quantitative estimate of drug-likeness (QED) is 0.587. The van der Waals surface area contributed by atoms with Crippen LogP contribution >= 0.6 is 0 Å². The predicted molar refractivity (Wildman–Crippen MR) is 99.8 cm³/mol. The first-order chi connectivity index (χ1) is 13.0. The first-order valence-corrected chi connectivity index (χ1v) is 8.20. The molecule has 2 heterocycles. The summed E-state index contributed by atoms with van der Waals surface area (Å²) in [5.41, 5.74) is 7.77. The van der Waals surface area contributed by atoms with Crippen LogP contribution in [0.3, 0.4) is 0 Å². The summed E-state index contributed by atoms with van der Waals surface area (Å²) >= 11 is 0. The number of aromatic nitrogens is 4. The van der Waals surface area contributed by atoms with E-state index in [9.17, 15) is 9.18 Å². The van der Waals surface area contributed by atoms with Crippen molar-refractivity contribution >= 4 is 23.4 Å². The van der Waals surface area contributed by atoms with Crippen LogP contribution in [0.1, 0.15) is 12.0 Å². The zero-order valence-corrected chi connectivity index (χ0v) is 14.6. The molecule has 1 amide bonds. The van der Waals surface area contributed by atoms with E-state index in [0.717, 1.165) is 5.56 Å². The highest BCUT2D eigenvalue weighted by atomic mass is 19.1. The highest BCUT2D eigenvalue weighted by Crippen LogP contribution is 2.26. The summed E-state index contributed by atoms with van der Waals surface area (Å²) in [7, 11) is 0. The van der Waals surface area contributed by atoms with E-state index in [4.69, 9.17) is 5.73 Å². The molecule has 0 unspecified atom stereocenters. The lowest BCUT2D eigenvalue weighted by molar-refractivity contribution is -0.117. The molecule has 0 saturated heterocycles. The summed E-state index contributed by atoms with van der Waals surface area (Å²) < 4.78 is 13.4. The van der Waals surface area contributed by atoms with Crippen molar-refractivity contribution in [3.05, 3.63) is 54.5 Å². The Morgan fingerprint density at radius 2 is 2.00 bits per heavy atom. The average Bonchev–Trinajstić information content (AvgIpc) is 2.65. The molecule has 138 valence electrons. The first kappa shape index (κ1) is 18.2. The first-order valence-electron chi connectivity index (χ1n) is 8.20. The van der Waals surface area contributed by atoms with Crippen molar-refractivity contribution in [3.63, 3.8) is 0 Å². The van der Waals surface area contributed by atoms with Crippen LogP contribution in [-0.2, 0) is 4.79 Å². The van der Waals surface area contributed by atoms with Gasteiger partial charge in [0.1, 0.15) is 18.0 Å². The number of halogens is 1. The third-order valence-electron chi connectivity index (χ3n) is 3.74. The maximum Gasteiger partial charge on any atom is 0.229 e. The monoisotopic (exact) mass is 367 g/mol. The highest BCUT2D eigenvalue weighted by Gasteiger charge is 2.11. The van der Waals surface area contributed by atoms with E-state index in [0.29, 0.717) is 35.1 Å². The van der Waals surface area contributed by atoms with Crippen LogP contribution in [0.5, 0.6) is 0 Å². The summed E-state index contributed by atoms with van der Waals surface area (Å²) in [5, 5.41) is 6.12. The Bertz CT molecular complexity index is 950. The maximum absolute atomic E-state index is 13.4. The van der Waals surface area contributed by atoms with Gasteiger partial charge in [-0.15, -0.1) is 0 Å². The SMILES string of the molecule is Cc1cc(Nc2ncc(-c3cncnc3)c(NCCC(N)=O)n2)ccc1F. The van der Waals surface area contributed by atoms with E-state index >= 15 is 0 Å². The summed E-state index contributed by atoms with van der Waals surface area (Å²) in [6, 6.07) is 4.64. The number of aryl methyl sites for hydroxylation is 1. The molecule has 0 fully saturated rings. The number of anilines is 3. The van der Waals surface area contributed by atoms with Gasteiger partial charge in [-0.2, -0.15) is 4.98 Å². The molecule has 0 radical (unpaired) electrons. The minimum atomic E-state index is -0.415. The predicted octanol–water partition coefficient (Wildman–Crippen LogP) is 2.41. The third-order valence-corrected chi connectivity index (χ3v) is 3.74. The van der Waals surface area contributed by atoms with Gasteiger partial charge in [0.25, 0.3) is 0 Å². The van der Waals surface area contributed by atoms with Crippen molar-refractivity contribution in [2.24, 2.45) is 5.73 Å². The molecule has 2 aromatic heterocycles. The number of carbonyl (C=O) groups excluding carboxylic acids is 1. The Kier molecular flexibility index (Phi) is 5.50. The largest absolute Gasteiger partial charge is 0.370 e. The van der Waals surface area contributed by atoms with Crippen molar-refractivity contribution < 1.29 is 9.18 Å². The number of hydrogen-bond donors (Lipinski definition) is 3. The number of amides is 1. The summed E-state index contributed by atoms with van der Waals surface area (Å²) in [5.74, 6) is 0.126. The standard InChI is InChI=1S/C18H18FN7O/c1-11-6-13(2-3-15(11)19)25-18-24-9-14(12-7-21-10-22-8-12)17(26-18)23-5-4-16(20)27/h2-3,6-10H,4-5H2,1H3,(H2,20,27)(H2,23,24,25,26). The van der Waals surface area contributed by atoms with Gasteiger partial charge in [0.05, 0.1) is 0 Å². The number of nitrogens with two attached hydrogens (primary N) is 1. The zero-order chi connectivity index (χ0) is 19.2. The van der Waals surface area contributed by atoms with Gasteiger partial charge in [-0.1, -0.05) is 0 Å². The van der Waals surface area contributed by atoms with Crippen molar-refractivity contribution in [2.75, 3.05) is 17.2 Å². The van der Waals surface area contributed by atoms with Crippen LogP contribution < -0.4 is 16.4 Å². The second-order valence-corrected chi connectivity index (χ2v) is 5.82. The molecule has 0 aliphatic heterocycles. The number of nitrogens with zero attached hydrogens (tertiary/aromatic N) is 4. The number of hydrogen-bond acceptors (Lipinski definition) is 7. The smallest absolute Gasteiger partial charge is 0.229 e. The zero-order valence-electron chi connectivity index (χ0n) is 14.6. The molecule has 0 aliphatic carbocycles. The van der Waals surface area contributed by atoms with Crippen LogP contribution in [0.4, 0.5) is 21.8 Å². The molecular formula is C18H18FN7O. The lowest BCUT2D eigenvalue weighted by Crippen LogP contribution is -2.17. The molecular weight excluding hydrogens is 349 g/mol. The van der Waals surface area contributed by atoms with Gasteiger partial charge in [-0.3, -0.25) is 4.79 Å². The normalized spacial score (nSPS) is 10.4. The minimum Gasteiger partial charge on any atom is -0.370 e. The van der Waals surface area contributed by atoms with Gasteiger partial charge in [0.15, 0.2) is 0 Å². The van der Waals surface area contributed by atoms with Crippen molar-refractivity contribution in [1.82, 2.24) is 19.9 Å². The lowest BCUT2D eigenvalue weighted by atomic mass is 10.1. The Labute approximate surface area is 155 Å². The molecule has 1 aromatic carbocycles. The molecule has 0 saturated carbocycles.